The summed E-state index contributed by atoms with van der Waals surface area (Å²) in [7, 11) is -3.50. The number of hydrogen-bond acceptors (Lipinski definition) is 3. The van der Waals surface area contributed by atoms with Crippen molar-refractivity contribution in [1.29, 1.82) is 0 Å². The third kappa shape index (κ3) is 5.62. The van der Waals surface area contributed by atoms with Crippen molar-refractivity contribution < 1.29 is 13.2 Å². The number of benzene rings is 2. The first-order valence-electron chi connectivity index (χ1n) is 7.59. The van der Waals surface area contributed by atoms with E-state index < -0.39 is 10.0 Å². The van der Waals surface area contributed by atoms with Crippen molar-refractivity contribution in [2.75, 3.05) is 6.54 Å². The van der Waals surface area contributed by atoms with Gasteiger partial charge in [-0.1, -0.05) is 48.0 Å². The number of nitrogens with one attached hydrogen (secondary N) is 1. The molecule has 0 heterocycles. The molecule has 0 radical (unpaired) electrons. The Morgan fingerprint density at radius 2 is 1.65 bits per heavy atom. The monoisotopic (exact) mass is 331 g/mol. The largest absolute Gasteiger partial charge is 0.299 e. The average Bonchev–Trinajstić information content (AvgIpc) is 2.53. The number of rotatable bonds is 8. The maximum absolute atomic E-state index is 12.1. The summed E-state index contributed by atoms with van der Waals surface area (Å²) < 4.78 is 26.7. The van der Waals surface area contributed by atoms with Crippen LogP contribution in [0.15, 0.2) is 59.5 Å². The van der Waals surface area contributed by atoms with Crippen LogP contribution in [0, 0.1) is 6.92 Å². The van der Waals surface area contributed by atoms with Crippen LogP contribution in [0.3, 0.4) is 0 Å². The maximum atomic E-state index is 12.1. The molecule has 23 heavy (non-hydrogen) atoms. The summed E-state index contributed by atoms with van der Waals surface area (Å²) in [6.45, 7) is 2.17. The predicted molar refractivity (Wildman–Crippen MR) is 90.8 cm³/mol. The maximum Gasteiger partial charge on any atom is 0.240 e. The number of aryl methyl sites for hydroxylation is 1. The summed E-state index contributed by atoms with van der Waals surface area (Å²) in [5.41, 5.74) is 1.99. The van der Waals surface area contributed by atoms with Crippen LogP contribution in [0.1, 0.15) is 24.0 Å². The Morgan fingerprint density at radius 1 is 1.00 bits per heavy atom. The molecular weight excluding hydrogens is 310 g/mol. The lowest BCUT2D eigenvalue weighted by atomic mass is 10.1. The van der Waals surface area contributed by atoms with E-state index in [4.69, 9.17) is 0 Å². The fourth-order valence-electron chi connectivity index (χ4n) is 2.20. The molecule has 0 saturated heterocycles. The molecule has 4 nitrogen and oxygen atoms in total. The molecule has 0 fully saturated rings. The van der Waals surface area contributed by atoms with Gasteiger partial charge in [0.15, 0.2) is 0 Å². The van der Waals surface area contributed by atoms with Crippen LogP contribution < -0.4 is 4.72 Å². The van der Waals surface area contributed by atoms with Gasteiger partial charge < -0.3 is 0 Å². The van der Waals surface area contributed by atoms with E-state index in [1.54, 1.807) is 24.3 Å². The van der Waals surface area contributed by atoms with Crippen molar-refractivity contribution in [1.82, 2.24) is 4.72 Å². The molecule has 2 rings (SSSR count). The van der Waals surface area contributed by atoms with E-state index in [0.29, 0.717) is 19.3 Å². The highest BCUT2D eigenvalue weighted by molar-refractivity contribution is 7.89. The number of ketones is 1. The van der Waals surface area contributed by atoms with E-state index >= 15 is 0 Å². The molecular formula is C18H21NO3S. The molecule has 2 aromatic rings. The van der Waals surface area contributed by atoms with Crippen LogP contribution in [0.5, 0.6) is 0 Å². The van der Waals surface area contributed by atoms with Gasteiger partial charge in [-0.3, -0.25) is 4.79 Å². The molecule has 0 aliphatic rings. The van der Waals surface area contributed by atoms with E-state index in [1.807, 2.05) is 37.3 Å². The lowest BCUT2D eigenvalue weighted by Crippen LogP contribution is -2.25. The zero-order valence-corrected chi connectivity index (χ0v) is 14.0. The van der Waals surface area contributed by atoms with E-state index in [2.05, 4.69) is 4.72 Å². The molecule has 0 unspecified atom stereocenters. The van der Waals surface area contributed by atoms with E-state index in [9.17, 15) is 13.2 Å². The number of hydrogen-bond donors (Lipinski definition) is 1. The van der Waals surface area contributed by atoms with E-state index in [0.717, 1.165) is 11.1 Å². The molecule has 5 heteroatoms. The van der Waals surface area contributed by atoms with Crippen LogP contribution in [-0.2, 0) is 21.2 Å². The van der Waals surface area contributed by atoms with Crippen molar-refractivity contribution in [3.05, 3.63) is 65.7 Å². The molecule has 122 valence electrons. The van der Waals surface area contributed by atoms with Crippen LogP contribution >= 0.6 is 0 Å². The molecule has 0 saturated carbocycles. The Morgan fingerprint density at radius 3 is 2.30 bits per heavy atom. The molecule has 2 aromatic carbocycles. The summed E-state index contributed by atoms with van der Waals surface area (Å²) in [5.74, 6) is 0.116. The highest BCUT2D eigenvalue weighted by Gasteiger charge is 2.13. The third-order valence-corrected chi connectivity index (χ3v) is 4.98. The summed E-state index contributed by atoms with van der Waals surface area (Å²) in [6, 6.07) is 16.2. The Kier molecular flexibility index (Phi) is 6.07. The van der Waals surface area contributed by atoms with Gasteiger partial charge in [-0.25, -0.2) is 13.1 Å². The highest BCUT2D eigenvalue weighted by Crippen LogP contribution is 2.10. The Balaban J connectivity index is 1.76. The minimum atomic E-state index is -3.50. The Hall–Kier alpha value is -1.98. The first-order chi connectivity index (χ1) is 11.0. The van der Waals surface area contributed by atoms with Gasteiger partial charge in [0, 0.05) is 19.4 Å². The first kappa shape index (κ1) is 17.4. The number of carbonyl (C=O) groups is 1. The van der Waals surface area contributed by atoms with Gasteiger partial charge >= 0.3 is 0 Å². The second-order valence-electron chi connectivity index (χ2n) is 5.52. The molecule has 0 atom stereocenters. The summed E-state index contributed by atoms with van der Waals surface area (Å²) in [6.07, 6.45) is 1.26. The molecule has 0 aromatic heterocycles. The van der Waals surface area contributed by atoms with Gasteiger partial charge in [-0.15, -0.1) is 0 Å². The lowest BCUT2D eigenvalue weighted by Gasteiger charge is -2.07. The van der Waals surface area contributed by atoms with Crippen molar-refractivity contribution in [2.24, 2.45) is 0 Å². The molecule has 0 bridgehead atoms. The van der Waals surface area contributed by atoms with Crippen molar-refractivity contribution in [3.63, 3.8) is 0 Å². The minimum Gasteiger partial charge on any atom is -0.299 e. The van der Waals surface area contributed by atoms with Gasteiger partial charge in [0.1, 0.15) is 5.78 Å². The first-order valence-corrected chi connectivity index (χ1v) is 9.08. The van der Waals surface area contributed by atoms with Crippen LogP contribution in [-0.4, -0.2) is 20.7 Å². The van der Waals surface area contributed by atoms with Crippen LogP contribution in [0.25, 0.3) is 0 Å². The minimum absolute atomic E-state index is 0.116. The van der Waals surface area contributed by atoms with Crippen LogP contribution in [0.4, 0.5) is 0 Å². The summed E-state index contributed by atoms with van der Waals surface area (Å²) in [5, 5.41) is 0. The second-order valence-corrected chi connectivity index (χ2v) is 7.28. The van der Waals surface area contributed by atoms with Crippen LogP contribution in [0.2, 0.25) is 0 Å². The van der Waals surface area contributed by atoms with E-state index in [1.165, 1.54) is 0 Å². The van der Waals surface area contributed by atoms with Gasteiger partial charge in [0.25, 0.3) is 0 Å². The average molecular weight is 331 g/mol. The summed E-state index contributed by atoms with van der Waals surface area (Å²) in [4.78, 5) is 12.1. The Labute approximate surface area is 137 Å². The molecule has 0 aliphatic carbocycles. The Bertz CT molecular complexity index is 738. The standard InChI is InChI=1S/C18H21NO3S/c1-15-9-11-18(12-10-15)23(21,22)19-13-5-8-17(20)14-16-6-3-2-4-7-16/h2-4,6-7,9-12,19H,5,8,13-14H2,1H3. The zero-order chi connectivity index (χ0) is 16.7. The van der Waals surface area contributed by atoms with Crippen molar-refractivity contribution in [3.8, 4) is 0 Å². The predicted octanol–water partition coefficient (Wildman–Crippen LogP) is 2.87. The number of carbonyl (C=O) groups excluding carboxylic acids is 1. The molecule has 0 amide bonds. The fraction of sp³-hybridized carbons (Fsp3) is 0.278. The SMILES string of the molecule is Cc1ccc(S(=O)(=O)NCCCC(=O)Cc2ccccc2)cc1. The van der Waals surface area contributed by atoms with Gasteiger partial charge in [-0.2, -0.15) is 0 Å². The topological polar surface area (TPSA) is 63.2 Å². The highest BCUT2D eigenvalue weighted by atomic mass is 32.2. The quantitative estimate of drug-likeness (QED) is 0.757. The normalized spacial score (nSPS) is 11.3. The second kappa shape index (κ2) is 8.04. The van der Waals surface area contributed by atoms with Crippen molar-refractivity contribution >= 4 is 15.8 Å². The van der Waals surface area contributed by atoms with Gasteiger partial charge in [0.05, 0.1) is 4.90 Å². The summed E-state index contributed by atoms with van der Waals surface area (Å²) >= 11 is 0. The number of Topliss-reactive ketones (excluding diaryl/α,β-unsaturated/α-hetero) is 1. The molecule has 0 aliphatic heterocycles. The third-order valence-electron chi connectivity index (χ3n) is 3.50. The molecule has 0 spiro atoms. The van der Waals surface area contributed by atoms with E-state index in [-0.39, 0.29) is 17.2 Å². The number of sulfonamides is 1. The van der Waals surface area contributed by atoms with Gasteiger partial charge in [-0.05, 0) is 31.0 Å². The van der Waals surface area contributed by atoms with Crippen molar-refractivity contribution in [2.45, 2.75) is 31.1 Å². The fourth-order valence-corrected chi connectivity index (χ4v) is 3.28. The molecule has 1 N–H and O–H groups in total. The van der Waals surface area contributed by atoms with Gasteiger partial charge in [0.2, 0.25) is 10.0 Å². The lowest BCUT2D eigenvalue weighted by molar-refractivity contribution is -0.118. The zero-order valence-electron chi connectivity index (χ0n) is 13.2. The smallest absolute Gasteiger partial charge is 0.240 e.